The molecule has 0 aliphatic heterocycles. The molecule has 0 fully saturated rings. The Hall–Kier alpha value is -1.65. The summed E-state index contributed by atoms with van der Waals surface area (Å²) in [5.41, 5.74) is 3.20. The van der Waals surface area contributed by atoms with E-state index < -0.39 is 5.97 Å². The number of hydrogen-bond donors (Lipinski definition) is 2. The average molecular weight is 348 g/mol. The van der Waals surface area contributed by atoms with Crippen LogP contribution in [0.3, 0.4) is 0 Å². The molecule has 2 N–H and O–H groups in total. The van der Waals surface area contributed by atoms with Crippen LogP contribution in [0.2, 0.25) is 0 Å². The molecule has 0 saturated carbocycles. The minimum atomic E-state index is -0.802. The first-order valence-electron chi connectivity index (χ1n) is 6.83. The molecule has 1 atom stereocenters. The van der Waals surface area contributed by atoms with E-state index >= 15 is 0 Å². The molecule has 0 bridgehead atoms. The molecule has 0 aliphatic rings. The van der Waals surface area contributed by atoms with Gasteiger partial charge in [0, 0.05) is 17.1 Å². The van der Waals surface area contributed by atoms with Gasteiger partial charge >= 0.3 is 5.97 Å². The van der Waals surface area contributed by atoms with Crippen LogP contribution in [-0.2, 0) is 17.8 Å². The summed E-state index contributed by atoms with van der Waals surface area (Å²) in [6.07, 6.45) is 0.0716. The van der Waals surface area contributed by atoms with E-state index in [1.165, 1.54) is 5.56 Å². The standard InChI is InChI=1S/C17H18BrNO2/c1-12(15-3-2-4-16(18)10-15)19-11-14-7-5-13(6-8-14)9-17(20)21/h2-8,10,12,19H,9,11H2,1H3,(H,20,21)/t12-/m0/s1. The summed E-state index contributed by atoms with van der Waals surface area (Å²) < 4.78 is 1.08. The number of hydrogen-bond acceptors (Lipinski definition) is 2. The van der Waals surface area contributed by atoms with Gasteiger partial charge in [-0.05, 0) is 35.7 Å². The molecule has 21 heavy (non-hydrogen) atoms. The first kappa shape index (κ1) is 15.7. The van der Waals surface area contributed by atoms with Crippen molar-refractivity contribution in [1.29, 1.82) is 0 Å². The van der Waals surface area contributed by atoms with Gasteiger partial charge in [0.25, 0.3) is 0 Å². The van der Waals surface area contributed by atoms with Crippen LogP contribution in [0.25, 0.3) is 0 Å². The SMILES string of the molecule is C[C@H](NCc1ccc(CC(=O)O)cc1)c1cccc(Br)c1. The maximum Gasteiger partial charge on any atom is 0.307 e. The summed E-state index contributed by atoms with van der Waals surface area (Å²) in [7, 11) is 0. The molecule has 110 valence electrons. The number of carbonyl (C=O) groups is 1. The summed E-state index contributed by atoms with van der Waals surface area (Å²) >= 11 is 3.48. The third kappa shape index (κ3) is 4.99. The van der Waals surface area contributed by atoms with Crippen LogP contribution in [0.15, 0.2) is 53.0 Å². The van der Waals surface area contributed by atoms with E-state index in [4.69, 9.17) is 5.11 Å². The minimum Gasteiger partial charge on any atom is -0.481 e. The zero-order chi connectivity index (χ0) is 15.2. The number of aliphatic carboxylic acids is 1. The molecule has 2 aromatic rings. The topological polar surface area (TPSA) is 49.3 Å². The Morgan fingerprint density at radius 3 is 2.48 bits per heavy atom. The van der Waals surface area contributed by atoms with Gasteiger partial charge in [-0.1, -0.05) is 52.3 Å². The zero-order valence-corrected chi connectivity index (χ0v) is 13.4. The van der Waals surface area contributed by atoms with Crippen molar-refractivity contribution in [3.05, 3.63) is 69.7 Å². The van der Waals surface area contributed by atoms with Crippen LogP contribution >= 0.6 is 15.9 Å². The van der Waals surface area contributed by atoms with E-state index in [-0.39, 0.29) is 12.5 Å². The molecule has 2 aromatic carbocycles. The van der Waals surface area contributed by atoms with Crippen LogP contribution in [0, 0.1) is 0 Å². The van der Waals surface area contributed by atoms with Crippen molar-refractivity contribution in [3.63, 3.8) is 0 Å². The van der Waals surface area contributed by atoms with Crippen LogP contribution in [0.1, 0.15) is 29.7 Å². The highest BCUT2D eigenvalue weighted by atomic mass is 79.9. The second-order valence-electron chi connectivity index (χ2n) is 5.04. The maximum atomic E-state index is 10.6. The Morgan fingerprint density at radius 1 is 1.19 bits per heavy atom. The summed E-state index contributed by atoms with van der Waals surface area (Å²) in [4.78, 5) is 10.6. The Labute approximate surface area is 133 Å². The van der Waals surface area contributed by atoms with Crippen LogP contribution < -0.4 is 5.32 Å². The number of carboxylic acids is 1. The van der Waals surface area contributed by atoms with Gasteiger partial charge in [0.1, 0.15) is 0 Å². The molecular formula is C17H18BrNO2. The zero-order valence-electron chi connectivity index (χ0n) is 11.8. The lowest BCUT2D eigenvalue weighted by molar-refractivity contribution is -0.136. The minimum absolute atomic E-state index is 0.0716. The molecule has 0 aliphatic carbocycles. The van der Waals surface area contributed by atoms with E-state index in [0.29, 0.717) is 0 Å². The lowest BCUT2D eigenvalue weighted by Crippen LogP contribution is -2.18. The van der Waals surface area contributed by atoms with Crippen LogP contribution in [0.5, 0.6) is 0 Å². The summed E-state index contributed by atoms with van der Waals surface area (Å²) in [6.45, 7) is 2.88. The number of benzene rings is 2. The highest BCUT2D eigenvalue weighted by molar-refractivity contribution is 9.10. The van der Waals surface area contributed by atoms with Crippen molar-refractivity contribution in [2.75, 3.05) is 0 Å². The van der Waals surface area contributed by atoms with Gasteiger partial charge in [-0.3, -0.25) is 4.79 Å². The largest absolute Gasteiger partial charge is 0.481 e. The van der Waals surface area contributed by atoms with E-state index in [1.807, 2.05) is 36.4 Å². The predicted molar refractivity (Wildman–Crippen MR) is 87.2 cm³/mol. The van der Waals surface area contributed by atoms with E-state index in [9.17, 15) is 4.79 Å². The van der Waals surface area contributed by atoms with Crippen LogP contribution in [-0.4, -0.2) is 11.1 Å². The molecule has 0 radical (unpaired) electrons. The molecular weight excluding hydrogens is 330 g/mol. The third-order valence-corrected chi connectivity index (χ3v) is 3.83. The number of nitrogens with one attached hydrogen (secondary N) is 1. The Morgan fingerprint density at radius 2 is 1.86 bits per heavy atom. The fourth-order valence-electron chi connectivity index (χ4n) is 2.11. The Bertz CT molecular complexity index is 610. The normalized spacial score (nSPS) is 12.1. The van der Waals surface area contributed by atoms with Crippen LogP contribution in [0.4, 0.5) is 0 Å². The van der Waals surface area contributed by atoms with E-state index in [1.54, 1.807) is 0 Å². The molecule has 4 heteroatoms. The fraction of sp³-hybridized carbons (Fsp3) is 0.235. The van der Waals surface area contributed by atoms with E-state index in [2.05, 4.69) is 40.3 Å². The van der Waals surface area contributed by atoms with Gasteiger partial charge in [-0.25, -0.2) is 0 Å². The van der Waals surface area contributed by atoms with Crippen molar-refractivity contribution in [2.24, 2.45) is 0 Å². The molecule has 0 aromatic heterocycles. The first-order chi connectivity index (χ1) is 10.0. The first-order valence-corrected chi connectivity index (χ1v) is 7.62. The molecule has 0 spiro atoms. The van der Waals surface area contributed by atoms with Crippen molar-refractivity contribution >= 4 is 21.9 Å². The van der Waals surface area contributed by atoms with Gasteiger partial charge in [0.2, 0.25) is 0 Å². The second kappa shape index (κ2) is 7.38. The number of halogens is 1. The van der Waals surface area contributed by atoms with Crippen molar-refractivity contribution in [3.8, 4) is 0 Å². The van der Waals surface area contributed by atoms with Gasteiger partial charge in [-0.15, -0.1) is 0 Å². The van der Waals surface area contributed by atoms with Crippen molar-refractivity contribution in [1.82, 2.24) is 5.32 Å². The second-order valence-corrected chi connectivity index (χ2v) is 5.96. The lowest BCUT2D eigenvalue weighted by Gasteiger charge is -2.15. The van der Waals surface area contributed by atoms with Crippen molar-refractivity contribution < 1.29 is 9.90 Å². The van der Waals surface area contributed by atoms with Gasteiger partial charge < -0.3 is 10.4 Å². The fourth-order valence-corrected chi connectivity index (χ4v) is 2.53. The molecule has 0 saturated heterocycles. The summed E-state index contributed by atoms with van der Waals surface area (Å²) in [6, 6.07) is 16.2. The molecule has 0 amide bonds. The highest BCUT2D eigenvalue weighted by Crippen LogP contribution is 2.18. The molecule has 0 unspecified atom stereocenters. The predicted octanol–water partition coefficient (Wildman–Crippen LogP) is 3.93. The van der Waals surface area contributed by atoms with Gasteiger partial charge in [-0.2, -0.15) is 0 Å². The summed E-state index contributed by atoms with van der Waals surface area (Å²) in [5.74, 6) is -0.802. The smallest absolute Gasteiger partial charge is 0.307 e. The quantitative estimate of drug-likeness (QED) is 0.832. The van der Waals surface area contributed by atoms with Gasteiger partial charge in [0.05, 0.1) is 6.42 Å². The van der Waals surface area contributed by atoms with Gasteiger partial charge in [0.15, 0.2) is 0 Å². The van der Waals surface area contributed by atoms with Crippen molar-refractivity contribution in [2.45, 2.75) is 25.9 Å². The maximum absolute atomic E-state index is 10.6. The third-order valence-electron chi connectivity index (χ3n) is 3.34. The number of carboxylic acid groups (broad SMARTS) is 1. The Balaban J connectivity index is 1.92. The van der Waals surface area contributed by atoms with E-state index in [0.717, 1.165) is 22.1 Å². The Kier molecular flexibility index (Phi) is 5.53. The number of rotatable bonds is 6. The highest BCUT2D eigenvalue weighted by Gasteiger charge is 2.05. The average Bonchev–Trinajstić information content (AvgIpc) is 2.45. The molecule has 0 heterocycles. The molecule has 3 nitrogen and oxygen atoms in total. The molecule has 2 rings (SSSR count). The monoisotopic (exact) mass is 347 g/mol. The summed E-state index contributed by atoms with van der Waals surface area (Å²) in [5, 5.41) is 12.2. The lowest BCUT2D eigenvalue weighted by atomic mass is 10.1.